The number of hydrogen-bond acceptors (Lipinski definition) is 5. The summed E-state index contributed by atoms with van der Waals surface area (Å²) >= 11 is 1.96. The SMILES string of the molecule is C[C@@](O)(/C=C/[C@H]1CC=CC(=O)O1)[C@H](O)C[C@@H](O)/C=C\I. The third-order valence-corrected chi connectivity index (χ3v) is 3.39. The molecule has 4 atom stereocenters. The fourth-order valence-electron chi connectivity index (χ4n) is 1.70. The van der Waals surface area contributed by atoms with Crippen LogP contribution in [0, 0.1) is 0 Å². The highest BCUT2D eigenvalue weighted by molar-refractivity contribution is 14.1. The second-order valence-electron chi connectivity index (χ2n) is 4.84. The third kappa shape index (κ3) is 5.74. The standard InChI is InChI=1S/C14H19IO5/c1-14(19,12(17)9-10(16)6-8-15)7-5-11-3-2-4-13(18)20-11/h2,4-8,10-12,16-17,19H,3,9H2,1H3/b7-5+,8-6-/t10-,11+,12+,14+/m0/s1. The van der Waals surface area contributed by atoms with E-state index in [0.717, 1.165) is 0 Å². The smallest absolute Gasteiger partial charge is 0.331 e. The molecule has 6 heteroatoms. The lowest BCUT2D eigenvalue weighted by molar-refractivity contribution is -0.141. The van der Waals surface area contributed by atoms with E-state index in [9.17, 15) is 20.1 Å². The number of carbonyl (C=O) groups excluding carboxylic acids is 1. The topological polar surface area (TPSA) is 87.0 Å². The Kier molecular flexibility index (Phi) is 6.87. The molecule has 0 unspecified atom stereocenters. The van der Waals surface area contributed by atoms with Gasteiger partial charge in [0.2, 0.25) is 0 Å². The molecule has 0 amide bonds. The highest BCUT2D eigenvalue weighted by Gasteiger charge is 2.29. The van der Waals surface area contributed by atoms with Crippen LogP contribution in [0.5, 0.6) is 0 Å². The van der Waals surface area contributed by atoms with Crippen LogP contribution in [0.3, 0.4) is 0 Å². The molecule has 1 aliphatic heterocycles. The van der Waals surface area contributed by atoms with Gasteiger partial charge in [0.1, 0.15) is 11.7 Å². The van der Waals surface area contributed by atoms with Gasteiger partial charge in [-0.3, -0.25) is 0 Å². The van der Waals surface area contributed by atoms with Gasteiger partial charge in [0.15, 0.2) is 0 Å². The Balaban J connectivity index is 2.59. The number of rotatable bonds is 6. The summed E-state index contributed by atoms with van der Waals surface area (Å²) in [6, 6.07) is 0. The Hall–Kier alpha value is -0.700. The van der Waals surface area contributed by atoms with Gasteiger partial charge in [0.25, 0.3) is 0 Å². The van der Waals surface area contributed by atoms with E-state index in [2.05, 4.69) is 0 Å². The quantitative estimate of drug-likeness (QED) is 0.359. The van der Waals surface area contributed by atoms with Crippen molar-refractivity contribution >= 4 is 28.6 Å². The summed E-state index contributed by atoms with van der Waals surface area (Å²) in [5.41, 5.74) is -1.51. The summed E-state index contributed by atoms with van der Waals surface area (Å²) in [5.74, 6) is -0.423. The van der Waals surface area contributed by atoms with Gasteiger partial charge in [-0.15, -0.1) is 0 Å². The van der Waals surface area contributed by atoms with Gasteiger partial charge in [-0.2, -0.15) is 0 Å². The molecular weight excluding hydrogens is 375 g/mol. The summed E-state index contributed by atoms with van der Waals surface area (Å²) < 4.78 is 6.66. The van der Waals surface area contributed by atoms with Crippen molar-refractivity contribution in [2.75, 3.05) is 0 Å². The fraction of sp³-hybridized carbons (Fsp3) is 0.500. The number of halogens is 1. The molecule has 0 saturated carbocycles. The van der Waals surface area contributed by atoms with Crippen molar-refractivity contribution in [3.63, 3.8) is 0 Å². The zero-order valence-electron chi connectivity index (χ0n) is 11.1. The van der Waals surface area contributed by atoms with Crippen molar-refractivity contribution in [2.24, 2.45) is 0 Å². The summed E-state index contributed by atoms with van der Waals surface area (Å²) in [6.07, 6.45) is 5.68. The first-order valence-electron chi connectivity index (χ1n) is 6.27. The van der Waals surface area contributed by atoms with Crippen molar-refractivity contribution in [2.45, 2.75) is 43.7 Å². The molecule has 0 aromatic rings. The molecule has 1 heterocycles. The van der Waals surface area contributed by atoms with Gasteiger partial charge in [-0.05, 0) is 17.1 Å². The Morgan fingerprint density at radius 1 is 1.60 bits per heavy atom. The lowest BCUT2D eigenvalue weighted by atomic mass is 9.93. The van der Waals surface area contributed by atoms with E-state index in [1.165, 1.54) is 25.2 Å². The zero-order valence-corrected chi connectivity index (χ0v) is 13.3. The highest BCUT2D eigenvalue weighted by atomic mass is 127. The van der Waals surface area contributed by atoms with E-state index in [0.29, 0.717) is 6.42 Å². The van der Waals surface area contributed by atoms with Crippen LogP contribution in [0.4, 0.5) is 0 Å². The van der Waals surface area contributed by atoms with Crippen molar-refractivity contribution in [3.8, 4) is 0 Å². The molecule has 0 aromatic heterocycles. The molecule has 1 aliphatic rings. The lowest BCUT2D eigenvalue weighted by Crippen LogP contribution is -2.39. The molecule has 0 spiro atoms. The molecule has 112 valence electrons. The summed E-state index contributed by atoms with van der Waals surface area (Å²) in [6.45, 7) is 1.44. The van der Waals surface area contributed by atoms with Crippen LogP contribution < -0.4 is 0 Å². The number of ether oxygens (including phenoxy) is 1. The van der Waals surface area contributed by atoms with Crippen LogP contribution in [0.1, 0.15) is 19.8 Å². The fourth-order valence-corrected chi connectivity index (χ4v) is 2.18. The molecular formula is C14H19IO5. The van der Waals surface area contributed by atoms with E-state index in [-0.39, 0.29) is 6.42 Å². The summed E-state index contributed by atoms with van der Waals surface area (Å²) in [7, 11) is 0. The van der Waals surface area contributed by atoms with Crippen molar-refractivity contribution in [1.82, 2.24) is 0 Å². The molecule has 0 aromatic carbocycles. The van der Waals surface area contributed by atoms with Crippen LogP contribution in [-0.2, 0) is 9.53 Å². The van der Waals surface area contributed by atoms with Gasteiger partial charge in [0.05, 0.1) is 12.2 Å². The lowest BCUT2D eigenvalue weighted by Gasteiger charge is -2.27. The second-order valence-corrected chi connectivity index (χ2v) is 5.55. The normalized spacial score (nSPS) is 25.6. The Morgan fingerprint density at radius 2 is 2.30 bits per heavy atom. The van der Waals surface area contributed by atoms with E-state index in [1.807, 2.05) is 22.6 Å². The minimum absolute atomic E-state index is 0.0151. The zero-order chi connectivity index (χ0) is 15.2. The predicted molar refractivity (Wildman–Crippen MR) is 83.2 cm³/mol. The number of aliphatic hydroxyl groups excluding tert-OH is 2. The maximum atomic E-state index is 11.1. The predicted octanol–water partition coefficient (Wildman–Crippen LogP) is 1.23. The Labute approximate surface area is 131 Å². The average Bonchev–Trinajstić information content (AvgIpc) is 2.37. The first-order valence-corrected chi connectivity index (χ1v) is 7.51. The molecule has 0 saturated heterocycles. The van der Waals surface area contributed by atoms with Gasteiger partial charge < -0.3 is 20.1 Å². The number of hydrogen-bond donors (Lipinski definition) is 3. The molecule has 3 N–H and O–H groups in total. The molecule has 0 bridgehead atoms. The highest BCUT2D eigenvalue weighted by Crippen LogP contribution is 2.19. The van der Waals surface area contributed by atoms with Gasteiger partial charge >= 0.3 is 5.97 Å². The number of esters is 1. The minimum atomic E-state index is -1.51. The Bertz CT molecular complexity index is 414. The van der Waals surface area contributed by atoms with Gasteiger partial charge in [-0.25, -0.2) is 4.79 Å². The van der Waals surface area contributed by atoms with Gasteiger partial charge in [0, 0.05) is 18.9 Å². The van der Waals surface area contributed by atoms with Crippen LogP contribution in [0.2, 0.25) is 0 Å². The van der Waals surface area contributed by atoms with Gasteiger partial charge in [-0.1, -0.05) is 40.8 Å². The first-order chi connectivity index (χ1) is 9.35. The van der Waals surface area contributed by atoms with Crippen molar-refractivity contribution in [3.05, 3.63) is 34.5 Å². The molecule has 20 heavy (non-hydrogen) atoms. The van der Waals surface area contributed by atoms with Crippen LogP contribution in [0.15, 0.2) is 34.5 Å². The van der Waals surface area contributed by atoms with Crippen LogP contribution in [-0.4, -0.2) is 45.2 Å². The monoisotopic (exact) mass is 394 g/mol. The van der Waals surface area contributed by atoms with Crippen molar-refractivity contribution in [1.29, 1.82) is 0 Å². The summed E-state index contributed by atoms with van der Waals surface area (Å²) in [5, 5.41) is 29.7. The summed E-state index contributed by atoms with van der Waals surface area (Å²) in [4.78, 5) is 11.1. The number of aliphatic hydroxyl groups is 3. The van der Waals surface area contributed by atoms with E-state index >= 15 is 0 Å². The maximum Gasteiger partial charge on any atom is 0.331 e. The van der Waals surface area contributed by atoms with E-state index in [1.54, 1.807) is 16.2 Å². The molecule has 0 radical (unpaired) electrons. The number of cyclic esters (lactones) is 1. The van der Waals surface area contributed by atoms with E-state index in [4.69, 9.17) is 4.74 Å². The second kappa shape index (κ2) is 7.92. The molecule has 5 nitrogen and oxygen atoms in total. The Morgan fingerprint density at radius 3 is 2.90 bits per heavy atom. The first kappa shape index (κ1) is 17.4. The van der Waals surface area contributed by atoms with E-state index < -0.39 is 29.9 Å². The van der Waals surface area contributed by atoms with Crippen LogP contribution in [0.25, 0.3) is 0 Å². The third-order valence-electron chi connectivity index (χ3n) is 2.97. The van der Waals surface area contributed by atoms with Crippen LogP contribution >= 0.6 is 22.6 Å². The molecule has 0 fully saturated rings. The largest absolute Gasteiger partial charge is 0.455 e. The molecule has 1 rings (SSSR count). The maximum absolute atomic E-state index is 11.1. The number of carbonyl (C=O) groups is 1. The van der Waals surface area contributed by atoms with Crippen molar-refractivity contribution < 1.29 is 24.9 Å². The minimum Gasteiger partial charge on any atom is -0.455 e. The average molecular weight is 394 g/mol. The molecule has 0 aliphatic carbocycles.